The number of carbonyl (C=O) groups excluding carboxylic acids is 2. The maximum Gasteiger partial charge on any atom is 0.253 e. The van der Waals surface area contributed by atoms with Crippen LogP contribution in [0.3, 0.4) is 0 Å². The summed E-state index contributed by atoms with van der Waals surface area (Å²) in [5.74, 6) is 0.0926. The lowest BCUT2D eigenvalue weighted by molar-refractivity contribution is -0.113. The summed E-state index contributed by atoms with van der Waals surface area (Å²) in [5.41, 5.74) is 2.55. The first kappa shape index (κ1) is 20.2. The zero-order chi connectivity index (χ0) is 20.1. The molecular weight excluding hydrogens is 396 g/mol. The predicted octanol–water partition coefficient (Wildman–Crippen LogP) is 4.33. The number of aromatic amines is 1. The number of carbonyl (C=O) groups is 2. The molecule has 0 spiro atoms. The van der Waals surface area contributed by atoms with Crippen molar-refractivity contribution in [2.45, 2.75) is 19.0 Å². The number of benzene rings is 2. The molecule has 0 unspecified atom stereocenters. The van der Waals surface area contributed by atoms with Gasteiger partial charge in [0, 0.05) is 11.6 Å². The van der Waals surface area contributed by atoms with E-state index in [-0.39, 0.29) is 17.6 Å². The molecule has 0 fully saturated rings. The molecule has 3 aromatic rings. The van der Waals surface area contributed by atoms with Crippen LogP contribution in [0.4, 0.5) is 5.69 Å². The molecule has 2 amide bonds. The van der Waals surface area contributed by atoms with Crippen molar-refractivity contribution in [2.24, 2.45) is 5.92 Å². The number of para-hydroxylation sites is 1. The number of thioether (sulfide) groups is 1. The van der Waals surface area contributed by atoms with Crippen LogP contribution in [0.1, 0.15) is 24.2 Å². The average Bonchev–Trinajstić information content (AvgIpc) is 3.07. The van der Waals surface area contributed by atoms with Gasteiger partial charge in [-0.1, -0.05) is 49.3 Å². The molecule has 1 heterocycles. The molecule has 28 heavy (non-hydrogen) atoms. The van der Waals surface area contributed by atoms with Crippen LogP contribution in [0.15, 0.2) is 47.6 Å². The van der Waals surface area contributed by atoms with Crippen LogP contribution in [-0.4, -0.2) is 34.1 Å². The Morgan fingerprint density at radius 1 is 1.21 bits per heavy atom. The maximum atomic E-state index is 12.4. The van der Waals surface area contributed by atoms with E-state index in [4.69, 9.17) is 11.6 Å². The summed E-state index contributed by atoms with van der Waals surface area (Å²) in [4.78, 5) is 32.3. The summed E-state index contributed by atoms with van der Waals surface area (Å²) >= 11 is 7.26. The second kappa shape index (κ2) is 9.12. The van der Waals surface area contributed by atoms with E-state index in [0.29, 0.717) is 33.9 Å². The monoisotopic (exact) mass is 416 g/mol. The van der Waals surface area contributed by atoms with E-state index in [2.05, 4.69) is 20.6 Å². The van der Waals surface area contributed by atoms with Gasteiger partial charge >= 0.3 is 0 Å². The number of hydrogen-bond acceptors (Lipinski definition) is 4. The van der Waals surface area contributed by atoms with Crippen LogP contribution in [0.25, 0.3) is 11.0 Å². The number of imidazole rings is 1. The van der Waals surface area contributed by atoms with E-state index in [1.807, 2.05) is 19.9 Å². The normalized spacial score (nSPS) is 11.0. The second-order valence-electron chi connectivity index (χ2n) is 6.69. The minimum atomic E-state index is -0.215. The Labute approximate surface area is 172 Å². The molecule has 6 nitrogen and oxygen atoms in total. The summed E-state index contributed by atoms with van der Waals surface area (Å²) in [6, 6.07) is 12.4. The molecule has 8 heteroatoms. The highest BCUT2D eigenvalue weighted by molar-refractivity contribution is 7.99. The topological polar surface area (TPSA) is 86.9 Å². The van der Waals surface area contributed by atoms with Gasteiger partial charge in [-0.3, -0.25) is 9.59 Å². The molecule has 0 saturated heterocycles. The van der Waals surface area contributed by atoms with Gasteiger partial charge in [-0.25, -0.2) is 4.98 Å². The third-order valence-corrected chi connectivity index (χ3v) is 4.99. The Kier molecular flexibility index (Phi) is 6.59. The molecule has 3 rings (SSSR count). The van der Waals surface area contributed by atoms with E-state index in [0.717, 1.165) is 11.0 Å². The van der Waals surface area contributed by atoms with Gasteiger partial charge in [0.25, 0.3) is 5.91 Å². The molecule has 0 aliphatic rings. The average molecular weight is 417 g/mol. The Morgan fingerprint density at radius 3 is 2.79 bits per heavy atom. The zero-order valence-electron chi connectivity index (χ0n) is 15.6. The standard InChI is InChI=1S/C20H21ClN4O2S/c1-12(2)10-22-19(27)14-5-3-4-6-15(14)23-18(26)11-28-20-24-16-8-7-13(21)9-17(16)25-20/h3-9,12H,10-11H2,1-2H3,(H,22,27)(H,23,26)(H,24,25). The summed E-state index contributed by atoms with van der Waals surface area (Å²) in [6.07, 6.45) is 0. The second-order valence-corrected chi connectivity index (χ2v) is 8.09. The SMILES string of the molecule is CC(C)CNC(=O)c1ccccc1NC(=O)CSc1nc2ccc(Cl)cc2[nH]1. The van der Waals surface area contributed by atoms with Crippen molar-refractivity contribution < 1.29 is 9.59 Å². The first-order valence-electron chi connectivity index (χ1n) is 8.87. The number of nitrogens with one attached hydrogen (secondary N) is 3. The first-order chi connectivity index (χ1) is 13.4. The molecule has 3 N–H and O–H groups in total. The van der Waals surface area contributed by atoms with Gasteiger partial charge in [0.2, 0.25) is 5.91 Å². The van der Waals surface area contributed by atoms with E-state index in [1.54, 1.807) is 36.4 Å². The highest BCUT2D eigenvalue weighted by Crippen LogP contribution is 2.23. The number of fused-ring (bicyclic) bond motifs is 1. The molecule has 146 valence electrons. The van der Waals surface area contributed by atoms with Crippen LogP contribution in [0, 0.1) is 5.92 Å². The van der Waals surface area contributed by atoms with Gasteiger partial charge in [0.15, 0.2) is 5.16 Å². The molecule has 2 aromatic carbocycles. The van der Waals surface area contributed by atoms with Crippen molar-refractivity contribution in [2.75, 3.05) is 17.6 Å². The lowest BCUT2D eigenvalue weighted by Gasteiger charge is -2.12. The fourth-order valence-corrected chi connectivity index (χ4v) is 3.39. The summed E-state index contributed by atoms with van der Waals surface area (Å²) < 4.78 is 0. The summed E-state index contributed by atoms with van der Waals surface area (Å²) in [5, 5.41) is 6.93. The number of amides is 2. The third kappa shape index (κ3) is 5.27. The smallest absolute Gasteiger partial charge is 0.253 e. The van der Waals surface area contributed by atoms with Gasteiger partial charge in [0.05, 0.1) is 28.0 Å². The lowest BCUT2D eigenvalue weighted by Crippen LogP contribution is -2.28. The minimum absolute atomic E-state index is 0.162. The largest absolute Gasteiger partial charge is 0.352 e. The Bertz CT molecular complexity index is 1000. The lowest BCUT2D eigenvalue weighted by atomic mass is 10.1. The molecule has 0 saturated carbocycles. The van der Waals surface area contributed by atoms with Crippen molar-refractivity contribution in [3.63, 3.8) is 0 Å². The quantitative estimate of drug-likeness (QED) is 0.500. The van der Waals surface area contributed by atoms with Crippen molar-refractivity contribution >= 4 is 51.9 Å². The first-order valence-corrected chi connectivity index (χ1v) is 10.2. The Balaban J connectivity index is 1.62. The predicted molar refractivity (Wildman–Crippen MR) is 114 cm³/mol. The van der Waals surface area contributed by atoms with Crippen LogP contribution < -0.4 is 10.6 Å². The summed E-state index contributed by atoms with van der Waals surface area (Å²) in [7, 11) is 0. The molecule has 0 radical (unpaired) electrons. The van der Waals surface area contributed by atoms with E-state index >= 15 is 0 Å². The van der Waals surface area contributed by atoms with Crippen molar-refractivity contribution in [3.05, 3.63) is 53.1 Å². The van der Waals surface area contributed by atoms with Crippen LogP contribution in [0.2, 0.25) is 5.02 Å². The molecule has 1 aromatic heterocycles. The number of halogens is 1. The van der Waals surface area contributed by atoms with Crippen LogP contribution in [-0.2, 0) is 4.79 Å². The molecule has 0 bridgehead atoms. The van der Waals surface area contributed by atoms with E-state index in [1.165, 1.54) is 11.8 Å². The zero-order valence-corrected chi connectivity index (χ0v) is 17.2. The summed E-state index contributed by atoms with van der Waals surface area (Å²) in [6.45, 7) is 4.63. The van der Waals surface area contributed by atoms with Gasteiger partial charge < -0.3 is 15.6 Å². The number of aromatic nitrogens is 2. The number of hydrogen-bond donors (Lipinski definition) is 3. The Hall–Kier alpha value is -2.51. The van der Waals surface area contributed by atoms with Gasteiger partial charge in [-0.2, -0.15) is 0 Å². The molecule has 0 atom stereocenters. The number of nitrogens with zero attached hydrogens (tertiary/aromatic N) is 1. The number of anilines is 1. The minimum Gasteiger partial charge on any atom is -0.352 e. The van der Waals surface area contributed by atoms with Crippen molar-refractivity contribution in [3.8, 4) is 0 Å². The number of rotatable bonds is 7. The maximum absolute atomic E-state index is 12.4. The highest BCUT2D eigenvalue weighted by Gasteiger charge is 2.14. The fourth-order valence-electron chi connectivity index (χ4n) is 2.53. The van der Waals surface area contributed by atoms with E-state index in [9.17, 15) is 9.59 Å². The molecular formula is C20H21ClN4O2S. The van der Waals surface area contributed by atoms with Gasteiger partial charge in [-0.05, 0) is 36.2 Å². The van der Waals surface area contributed by atoms with Crippen LogP contribution >= 0.6 is 23.4 Å². The van der Waals surface area contributed by atoms with Gasteiger partial charge in [0.1, 0.15) is 0 Å². The highest BCUT2D eigenvalue weighted by atomic mass is 35.5. The molecule has 0 aliphatic heterocycles. The third-order valence-electron chi connectivity index (χ3n) is 3.88. The van der Waals surface area contributed by atoms with E-state index < -0.39 is 0 Å². The van der Waals surface area contributed by atoms with Crippen LogP contribution in [0.5, 0.6) is 0 Å². The Morgan fingerprint density at radius 2 is 2.00 bits per heavy atom. The number of H-pyrrole nitrogens is 1. The molecule has 0 aliphatic carbocycles. The van der Waals surface area contributed by atoms with Crippen molar-refractivity contribution in [1.29, 1.82) is 0 Å². The van der Waals surface area contributed by atoms with Gasteiger partial charge in [-0.15, -0.1) is 0 Å². The fraction of sp³-hybridized carbons (Fsp3) is 0.250. The van der Waals surface area contributed by atoms with Crippen molar-refractivity contribution in [1.82, 2.24) is 15.3 Å².